The summed E-state index contributed by atoms with van der Waals surface area (Å²) in [6.07, 6.45) is 2.35. The van der Waals surface area contributed by atoms with Gasteiger partial charge in [-0.1, -0.05) is 31.2 Å². The Morgan fingerprint density at radius 2 is 2.11 bits per heavy atom. The summed E-state index contributed by atoms with van der Waals surface area (Å²) in [5, 5.41) is 10.3. The van der Waals surface area contributed by atoms with Crippen LogP contribution in [-0.4, -0.2) is 34.0 Å². The lowest BCUT2D eigenvalue weighted by Gasteiger charge is -2.23. The molecule has 1 heterocycles. The summed E-state index contributed by atoms with van der Waals surface area (Å²) in [5.41, 5.74) is 2.00. The second-order valence-electron chi connectivity index (χ2n) is 4.67. The molecule has 1 atom stereocenters. The van der Waals surface area contributed by atoms with Crippen LogP contribution >= 0.6 is 0 Å². The number of para-hydroxylation sites is 1. The third kappa shape index (κ3) is 2.90. The van der Waals surface area contributed by atoms with E-state index in [1.165, 1.54) is 0 Å². The molecule has 4 heteroatoms. The van der Waals surface area contributed by atoms with Gasteiger partial charge in [-0.05, 0) is 25.1 Å². The first kappa shape index (κ1) is 13.5. The molecule has 0 saturated carbocycles. The van der Waals surface area contributed by atoms with Crippen LogP contribution in [0.4, 0.5) is 0 Å². The smallest absolute Gasteiger partial charge is 0.320 e. The maximum Gasteiger partial charge on any atom is 0.320 e. The van der Waals surface area contributed by atoms with E-state index in [-0.39, 0.29) is 0 Å². The summed E-state index contributed by atoms with van der Waals surface area (Å²) in [7, 11) is 1.84. The van der Waals surface area contributed by atoms with E-state index in [9.17, 15) is 9.90 Å². The molecular weight excluding hydrogens is 240 g/mol. The van der Waals surface area contributed by atoms with Crippen LogP contribution in [0.15, 0.2) is 36.5 Å². The highest BCUT2D eigenvalue weighted by molar-refractivity contribution is 5.81. The lowest BCUT2D eigenvalue weighted by Crippen LogP contribution is -2.37. The number of pyridine rings is 1. The molecule has 1 unspecified atom stereocenters. The number of aliphatic carboxylic acids is 1. The molecular formula is C15H18N2O2. The molecule has 0 amide bonds. The van der Waals surface area contributed by atoms with Gasteiger partial charge in [0.2, 0.25) is 0 Å². The van der Waals surface area contributed by atoms with E-state index in [0.29, 0.717) is 13.0 Å². The minimum absolute atomic E-state index is 0.459. The molecule has 2 rings (SSSR count). The monoisotopic (exact) mass is 258 g/mol. The first-order valence-corrected chi connectivity index (χ1v) is 6.39. The van der Waals surface area contributed by atoms with Gasteiger partial charge in [0.25, 0.3) is 0 Å². The van der Waals surface area contributed by atoms with E-state index in [2.05, 4.69) is 4.98 Å². The van der Waals surface area contributed by atoms with Crippen molar-refractivity contribution in [2.75, 3.05) is 7.05 Å². The van der Waals surface area contributed by atoms with E-state index in [1.54, 1.807) is 6.20 Å². The number of fused-ring (bicyclic) bond motifs is 1. The Balaban J connectivity index is 2.28. The van der Waals surface area contributed by atoms with E-state index in [4.69, 9.17) is 0 Å². The number of likely N-dealkylation sites (N-methyl/N-ethyl adjacent to an activating group) is 1. The number of benzene rings is 1. The standard InChI is InChI=1S/C15H18N2O2/c1-3-13(15(18)19)17(2)10-12-7-4-6-11-8-5-9-16-14(11)12/h4-9,13H,3,10H2,1-2H3,(H,18,19). The molecule has 0 spiro atoms. The molecule has 0 saturated heterocycles. The van der Waals surface area contributed by atoms with E-state index < -0.39 is 12.0 Å². The Morgan fingerprint density at radius 3 is 2.79 bits per heavy atom. The average Bonchev–Trinajstić information content (AvgIpc) is 2.39. The van der Waals surface area contributed by atoms with Crippen LogP contribution in [0.5, 0.6) is 0 Å². The fourth-order valence-electron chi connectivity index (χ4n) is 2.35. The van der Waals surface area contributed by atoms with Crippen molar-refractivity contribution in [3.63, 3.8) is 0 Å². The highest BCUT2D eigenvalue weighted by Crippen LogP contribution is 2.18. The molecule has 0 fully saturated rings. The minimum atomic E-state index is -0.779. The van der Waals surface area contributed by atoms with Gasteiger partial charge in [-0.15, -0.1) is 0 Å². The second-order valence-corrected chi connectivity index (χ2v) is 4.67. The molecule has 1 aromatic heterocycles. The van der Waals surface area contributed by atoms with Gasteiger partial charge < -0.3 is 5.11 Å². The predicted octanol–water partition coefficient (Wildman–Crippen LogP) is 2.53. The molecule has 0 radical (unpaired) electrons. The summed E-state index contributed by atoms with van der Waals surface area (Å²) in [6.45, 7) is 2.47. The van der Waals surface area contributed by atoms with Gasteiger partial charge in [-0.2, -0.15) is 0 Å². The summed E-state index contributed by atoms with van der Waals surface area (Å²) >= 11 is 0. The van der Waals surface area contributed by atoms with Crippen LogP contribution in [0.25, 0.3) is 10.9 Å². The van der Waals surface area contributed by atoms with Crippen molar-refractivity contribution in [2.24, 2.45) is 0 Å². The van der Waals surface area contributed by atoms with Crippen molar-refractivity contribution in [3.8, 4) is 0 Å². The number of carboxylic acid groups (broad SMARTS) is 1. The van der Waals surface area contributed by atoms with E-state index in [0.717, 1.165) is 16.5 Å². The maximum absolute atomic E-state index is 11.2. The zero-order chi connectivity index (χ0) is 13.8. The van der Waals surface area contributed by atoms with Gasteiger partial charge in [0.15, 0.2) is 0 Å². The zero-order valence-electron chi connectivity index (χ0n) is 11.2. The molecule has 0 aliphatic carbocycles. The summed E-state index contributed by atoms with van der Waals surface area (Å²) < 4.78 is 0. The molecule has 100 valence electrons. The Morgan fingerprint density at radius 1 is 1.37 bits per heavy atom. The number of hydrogen-bond acceptors (Lipinski definition) is 3. The van der Waals surface area contributed by atoms with Crippen molar-refractivity contribution in [1.29, 1.82) is 0 Å². The van der Waals surface area contributed by atoms with Gasteiger partial charge >= 0.3 is 5.97 Å². The number of carboxylic acids is 1. The molecule has 1 N–H and O–H groups in total. The molecule has 1 aromatic carbocycles. The first-order chi connectivity index (χ1) is 9.13. The summed E-state index contributed by atoms with van der Waals surface area (Å²) in [6, 6.07) is 9.46. The normalized spacial score (nSPS) is 12.8. The second kappa shape index (κ2) is 5.80. The predicted molar refractivity (Wildman–Crippen MR) is 74.9 cm³/mol. The Labute approximate surface area is 112 Å². The van der Waals surface area contributed by atoms with Gasteiger partial charge in [0.1, 0.15) is 6.04 Å². The first-order valence-electron chi connectivity index (χ1n) is 6.39. The molecule has 2 aromatic rings. The Hall–Kier alpha value is -1.94. The number of hydrogen-bond donors (Lipinski definition) is 1. The van der Waals surface area contributed by atoms with Crippen LogP contribution in [0.2, 0.25) is 0 Å². The van der Waals surface area contributed by atoms with Gasteiger partial charge in [0.05, 0.1) is 5.52 Å². The van der Waals surface area contributed by atoms with Gasteiger partial charge in [-0.25, -0.2) is 0 Å². The molecule has 0 aliphatic heterocycles. The van der Waals surface area contributed by atoms with E-state index in [1.807, 2.05) is 49.2 Å². The van der Waals surface area contributed by atoms with Crippen LogP contribution in [-0.2, 0) is 11.3 Å². The zero-order valence-corrected chi connectivity index (χ0v) is 11.2. The third-order valence-electron chi connectivity index (χ3n) is 3.34. The Bertz CT molecular complexity index is 578. The van der Waals surface area contributed by atoms with Gasteiger partial charge in [-0.3, -0.25) is 14.7 Å². The Kier molecular flexibility index (Phi) is 4.12. The fourth-order valence-corrected chi connectivity index (χ4v) is 2.35. The highest BCUT2D eigenvalue weighted by Gasteiger charge is 2.20. The van der Waals surface area contributed by atoms with Crippen molar-refractivity contribution in [2.45, 2.75) is 25.9 Å². The fraction of sp³-hybridized carbons (Fsp3) is 0.333. The van der Waals surface area contributed by atoms with E-state index >= 15 is 0 Å². The van der Waals surface area contributed by atoms with Crippen molar-refractivity contribution in [1.82, 2.24) is 9.88 Å². The van der Waals surface area contributed by atoms with Crippen molar-refractivity contribution in [3.05, 3.63) is 42.1 Å². The quantitative estimate of drug-likeness (QED) is 0.895. The van der Waals surface area contributed by atoms with Crippen molar-refractivity contribution < 1.29 is 9.90 Å². The molecule has 19 heavy (non-hydrogen) atoms. The number of carbonyl (C=O) groups is 1. The third-order valence-corrected chi connectivity index (χ3v) is 3.34. The molecule has 0 aliphatic rings. The maximum atomic E-state index is 11.2. The van der Waals surface area contributed by atoms with Crippen molar-refractivity contribution >= 4 is 16.9 Å². The topological polar surface area (TPSA) is 53.4 Å². The van der Waals surface area contributed by atoms with Gasteiger partial charge in [0, 0.05) is 18.1 Å². The number of nitrogens with zero attached hydrogens (tertiary/aromatic N) is 2. The highest BCUT2D eigenvalue weighted by atomic mass is 16.4. The molecule has 4 nitrogen and oxygen atoms in total. The largest absolute Gasteiger partial charge is 0.480 e. The summed E-state index contributed by atoms with van der Waals surface area (Å²) in [4.78, 5) is 17.4. The van der Waals surface area contributed by atoms with Crippen LogP contribution < -0.4 is 0 Å². The lowest BCUT2D eigenvalue weighted by atomic mass is 10.1. The average molecular weight is 258 g/mol. The van der Waals surface area contributed by atoms with Crippen LogP contribution in [0.3, 0.4) is 0 Å². The number of rotatable bonds is 5. The minimum Gasteiger partial charge on any atom is -0.480 e. The summed E-state index contributed by atoms with van der Waals surface area (Å²) in [5.74, 6) is -0.779. The number of aromatic nitrogens is 1. The SMILES string of the molecule is CCC(C(=O)O)N(C)Cc1cccc2cccnc12. The van der Waals surface area contributed by atoms with Crippen LogP contribution in [0, 0.1) is 0 Å². The lowest BCUT2D eigenvalue weighted by molar-refractivity contribution is -0.143. The molecule has 0 bridgehead atoms. The van der Waals surface area contributed by atoms with Crippen LogP contribution in [0.1, 0.15) is 18.9 Å².